The Balaban J connectivity index is 2.33. The highest BCUT2D eigenvalue weighted by molar-refractivity contribution is 6.33. The van der Waals surface area contributed by atoms with Gasteiger partial charge in [-0.1, -0.05) is 17.7 Å². The average Bonchev–Trinajstić information content (AvgIpc) is 2.43. The molecule has 0 saturated carbocycles. The molecule has 0 radical (unpaired) electrons. The normalized spacial score (nSPS) is 10.3. The molecular formula is C15H16ClNO2. The first kappa shape index (κ1) is 13.6. The largest absolute Gasteiger partial charge is 0.497 e. The van der Waals surface area contributed by atoms with Crippen LogP contribution in [0.2, 0.25) is 5.02 Å². The minimum atomic E-state index is 0.571. The summed E-state index contributed by atoms with van der Waals surface area (Å²) in [6, 6.07) is 11.4. The van der Waals surface area contributed by atoms with Crippen LogP contribution in [-0.4, -0.2) is 14.2 Å². The number of nitrogens with two attached hydrogens (primary N) is 1. The van der Waals surface area contributed by atoms with Gasteiger partial charge in [-0.3, -0.25) is 0 Å². The first-order chi connectivity index (χ1) is 9.13. The molecule has 0 aliphatic carbocycles. The zero-order valence-corrected chi connectivity index (χ0v) is 11.7. The van der Waals surface area contributed by atoms with Gasteiger partial charge in [0.05, 0.1) is 24.9 Å². The van der Waals surface area contributed by atoms with E-state index in [1.807, 2.05) is 30.3 Å². The maximum atomic E-state index is 5.92. The lowest BCUT2D eigenvalue weighted by Crippen LogP contribution is -1.96. The minimum absolute atomic E-state index is 0.571. The SMILES string of the molecule is COc1ccc(OC)c(Cc2ccc(Cl)c(N)c2)c1. The second kappa shape index (κ2) is 5.85. The van der Waals surface area contributed by atoms with Crippen molar-refractivity contribution in [2.45, 2.75) is 6.42 Å². The van der Waals surface area contributed by atoms with Gasteiger partial charge in [0.15, 0.2) is 0 Å². The smallest absolute Gasteiger partial charge is 0.122 e. The summed E-state index contributed by atoms with van der Waals surface area (Å²) >= 11 is 5.92. The molecule has 2 rings (SSSR count). The number of hydrogen-bond donors (Lipinski definition) is 1. The zero-order chi connectivity index (χ0) is 13.8. The van der Waals surface area contributed by atoms with E-state index in [9.17, 15) is 0 Å². The molecule has 0 aromatic heterocycles. The van der Waals surface area contributed by atoms with Crippen molar-refractivity contribution < 1.29 is 9.47 Å². The Morgan fingerprint density at radius 2 is 1.84 bits per heavy atom. The van der Waals surface area contributed by atoms with Gasteiger partial charge in [0, 0.05) is 12.0 Å². The van der Waals surface area contributed by atoms with Gasteiger partial charge in [0.1, 0.15) is 11.5 Å². The third-order valence-electron chi connectivity index (χ3n) is 2.94. The van der Waals surface area contributed by atoms with E-state index in [0.29, 0.717) is 17.1 Å². The molecule has 4 heteroatoms. The van der Waals surface area contributed by atoms with Gasteiger partial charge < -0.3 is 15.2 Å². The molecular weight excluding hydrogens is 262 g/mol. The molecule has 2 aromatic carbocycles. The summed E-state index contributed by atoms with van der Waals surface area (Å²) in [6.07, 6.45) is 0.710. The fraction of sp³-hybridized carbons (Fsp3) is 0.200. The molecule has 100 valence electrons. The highest BCUT2D eigenvalue weighted by atomic mass is 35.5. The average molecular weight is 278 g/mol. The zero-order valence-electron chi connectivity index (χ0n) is 10.9. The number of hydrogen-bond acceptors (Lipinski definition) is 3. The number of halogens is 1. The maximum absolute atomic E-state index is 5.92. The molecule has 0 atom stereocenters. The number of benzene rings is 2. The number of methoxy groups -OCH3 is 2. The predicted octanol–water partition coefficient (Wildman–Crippen LogP) is 3.53. The van der Waals surface area contributed by atoms with Gasteiger partial charge in [0.2, 0.25) is 0 Å². The Labute approximate surface area is 117 Å². The third-order valence-corrected chi connectivity index (χ3v) is 3.29. The summed E-state index contributed by atoms with van der Waals surface area (Å²) < 4.78 is 10.6. The molecule has 0 amide bonds. The van der Waals surface area contributed by atoms with Crippen LogP contribution in [0, 0.1) is 0 Å². The van der Waals surface area contributed by atoms with Gasteiger partial charge in [-0.05, 0) is 35.9 Å². The summed E-state index contributed by atoms with van der Waals surface area (Å²) in [5, 5.41) is 0.571. The first-order valence-corrected chi connectivity index (χ1v) is 6.26. The van der Waals surface area contributed by atoms with E-state index in [2.05, 4.69) is 0 Å². The third kappa shape index (κ3) is 3.12. The molecule has 0 spiro atoms. The summed E-state index contributed by atoms with van der Waals surface area (Å²) in [6.45, 7) is 0. The van der Waals surface area contributed by atoms with Crippen LogP contribution in [0.3, 0.4) is 0 Å². The van der Waals surface area contributed by atoms with Crippen molar-refractivity contribution in [3.63, 3.8) is 0 Å². The molecule has 0 unspecified atom stereocenters. The van der Waals surface area contributed by atoms with E-state index in [1.165, 1.54) is 0 Å². The number of rotatable bonds is 4. The molecule has 2 aromatic rings. The van der Waals surface area contributed by atoms with Crippen LogP contribution < -0.4 is 15.2 Å². The Kier molecular flexibility index (Phi) is 4.17. The fourth-order valence-electron chi connectivity index (χ4n) is 1.94. The molecule has 3 nitrogen and oxygen atoms in total. The summed E-state index contributed by atoms with van der Waals surface area (Å²) in [5.74, 6) is 1.63. The lowest BCUT2D eigenvalue weighted by Gasteiger charge is -2.11. The van der Waals surface area contributed by atoms with Gasteiger partial charge in [0.25, 0.3) is 0 Å². The highest BCUT2D eigenvalue weighted by Gasteiger charge is 2.07. The lowest BCUT2D eigenvalue weighted by atomic mass is 10.0. The van der Waals surface area contributed by atoms with E-state index < -0.39 is 0 Å². The first-order valence-electron chi connectivity index (χ1n) is 5.89. The van der Waals surface area contributed by atoms with Crippen molar-refractivity contribution in [2.24, 2.45) is 0 Å². The van der Waals surface area contributed by atoms with E-state index in [4.69, 9.17) is 26.8 Å². The van der Waals surface area contributed by atoms with Crippen molar-refractivity contribution >= 4 is 17.3 Å². The van der Waals surface area contributed by atoms with Crippen molar-refractivity contribution in [1.29, 1.82) is 0 Å². The molecule has 0 aliphatic heterocycles. The number of nitrogen functional groups attached to an aromatic ring is 1. The molecule has 0 bridgehead atoms. The lowest BCUT2D eigenvalue weighted by molar-refractivity contribution is 0.399. The van der Waals surface area contributed by atoms with Gasteiger partial charge >= 0.3 is 0 Å². The topological polar surface area (TPSA) is 44.5 Å². The van der Waals surface area contributed by atoms with Crippen LogP contribution in [0.25, 0.3) is 0 Å². The Morgan fingerprint density at radius 3 is 2.47 bits per heavy atom. The van der Waals surface area contributed by atoms with Crippen LogP contribution >= 0.6 is 11.6 Å². The van der Waals surface area contributed by atoms with E-state index in [-0.39, 0.29) is 0 Å². The highest BCUT2D eigenvalue weighted by Crippen LogP contribution is 2.28. The van der Waals surface area contributed by atoms with Crippen molar-refractivity contribution in [1.82, 2.24) is 0 Å². The Hall–Kier alpha value is -1.87. The van der Waals surface area contributed by atoms with Crippen LogP contribution in [-0.2, 0) is 6.42 Å². The summed E-state index contributed by atoms with van der Waals surface area (Å²) in [7, 11) is 3.30. The monoisotopic (exact) mass is 277 g/mol. The van der Waals surface area contributed by atoms with Crippen molar-refractivity contribution in [2.75, 3.05) is 20.0 Å². The van der Waals surface area contributed by atoms with Crippen molar-refractivity contribution in [3.8, 4) is 11.5 Å². The molecule has 19 heavy (non-hydrogen) atoms. The van der Waals surface area contributed by atoms with Crippen molar-refractivity contribution in [3.05, 3.63) is 52.5 Å². The molecule has 2 N–H and O–H groups in total. The second-order valence-electron chi connectivity index (χ2n) is 4.21. The van der Waals surface area contributed by atoms with Gasteiger partial charge in [-0.15, -0.1) is 0 Å². The maximum Gasteiger partial charge on any atom is 0.122 e. The molecule has 0 aliphatic rings. The van der Waals surface area contributed by atoms with Crippen LogP contribution in [0.4, 0.5) is 5.69 Å². The van der Waals surface area contributed by atoms with Gasteiger partial charge in [-0.25, -0.2) is 0 Å². The number of ether oxygens (including phenoxy) is 2. The number of anilines is 1. The predicted molar refractivity (Wildman–Crippen MR) is 78.2 cm³/mol. The Morgan fingerprint density at radius 1 is 1.05 bits per heavy atom. The quantitative estimate of drug-likeness (QED) is 0.870. The summed E-state index contributed by atoms with van der Waals surface area (Å²) in [5.41, 5.74) is 8.52. The van der Waals surface area contributed by atoms with Gasteiger partial charge in [-0.2, -0.15) is 0 Å². The standard InChI is InChI=1S/C15H16ClNO2/c1-18-12-4-6-15(19-2)11(9-12)7-10-3-5-13(16)14(17)8-10/h3-6,8-9H,7,17H2,1-2H3. The van der Waals surface area contributed by atoms with E-state index in [0.717, 1.165) is 22.6 Å². The molecule has 0 saturated heterocycles. The van der Waals surface area contributed by atoms with Crippen LogP contribution in [0.15, 0.2) is 36.4 Å². The van der Waals surface area contributed by atoms with Crippen LogP contribution in [0.5, 0.6) is 11.5 Å². The Bertz CT molecular complexity index is 584. The fourth-order valence-corrected chi connectivity index (χ4v) is 2.06. The molecule has 0 fully saturated rings. The summed E-state index contributed by atoms with van der Waals surface area (Å²) in [4.78, 5) is 0. The minimum Gasteiger partial charge on any atom is -0.497 e. The van der Waals surface area contributed by atoms with E-state index >= 15 is 0 Å². The second-order valence-corrected chi connectivity index (χ2v) is 4.62. The van der Waals surface area contributed by atoms with Crippen LogP contribution in [0.1, 0.15) is 11.1 Å². The van der Waals surface area contributed by atoms with E-state index in [1.54, 1.807) is 20.3 Å². The molecule has 0 heterocycles.